The molecule has 1 fully saturated rings. The van der Waals surface area contributed by atoms with Gasteiger partial charge in [0.2, 0.25) is 5.91 Å². The molecule has 0 bridgehead atoms. The van der Waals surface area contributed by atoms with Crippen LogP contribution in [0.25, 0.3) is 0 Å². The van der Waals surface area contributed by atoms with Crippen molar-refractivity contribution < 1.29 is 9.90 Å². The molecule has 1 saturated carbocycles. The summed E-state index contributed by atoms with van der Waals surface area (Å²) >= 11 is 0. The third-order valence-electron chi connectivity index (χ3n) is 2.44. The van der Waals surface area contributed by atoms with Gasteiger partial charge in [0.1, 0.15) is 5.60 Å². The standard InChI is InChI=1S/C8H15NO2/c1-8(11,7(9)10)5-6-3-2-4-6/h6,11H,2-5H2,1H3,(H2,9,10). The average molecular weight is 157 g/mol. The first-order valence-electron chi connectivity index (χ1n) is 4.04. The summed E-state index contributed by atoms with van der Waals surface area (Å²) in [6.07, 6.45) is 4.01. The number of carbonyl (C=O) groups excluding carboxylic acids is 1. The van der Waals surface area contributed by atoms with Crippen LogP contribution in [-0.4, -0.2) is 16.6 Å². The molecule has 0 aliphatic heterocycles. The summed E-state index contributed by atoms with van der Waals surface area (Å²) in [6, 6.07) is 0. The summed E-state index contributed by atoms with van der Waals surface area (Å²) in [5, 5.41) is 9.45. The Morgan fingerprint density at radius 2 is 2.27 bits per heavy atom. The molecule has 3 N–H and O–H groups in total. The molecule has 3 heteroatoms. The molecule has 1 atom stereocenters. The van der Waals surface area contributed by atoms with Crippen molar-refractivity contribution in [1.29, 1.82) is 0 Å². The monoisotopic (exact) mass is 157 g/mol. The van der Waals surface area contributed by atoms with E-state index in [1.165, 1.54) is 13.3 Å². The number of hydrogen-bond donors (Lipinski definition) is 2. The first-order valence-corrected chi connectivity index (χ1v) is 4.04. The summed E-state index contributed by atoms with van der Waals surface area (Å²) < 4.78 is 0. The van der Waals surface area contributed by atoms with E-state index < -0.39 is 11.5 Å². The number of rotatable bonds is 3. The van der Waals surface area contributed by atoms with Crippen LogP contribution in [0.3, 0.4) is 0 Å². The highest BCUT2D eigenvalue weighted by atomic mass is 16.3. The van der Waals surface area contributed by atoms with Gasteiger partial charge in [-0.2, -0.15) is 0 Å². The van der Waals surface area contributed by atoms with E-state index in [-0.39, 0.29) is 0 Å². The Kier molecular flexibility index (Phi) is 2.18. The van der Waals surface area contributed by atoms with Crippen LogP contribution < -0.4 is 5.73 Å². The van der Waals surface area contributed by atoms with Crippen LogP contribution in [-0.2, 0) is 4.79 Å². The predicted octanol–water partition coefficient (Wildman–Crippen LogP) is 0.413. The summed E-state index contributed by atoms with van der Waals surface area (Å²) in [7, 11) is 0. The average Bonchev–Trinajstić information content (AvgIpc) is 1.79. The van der Waals surface area contributed by atoms with Crippen LogP contribution in [0.4, 0.5) is 0 Å². The molecule has 0 aromatic heterocycles. The van der Waals surface area contributed by atoms with Gasteiger partial charge >= 0.3 is 0 Å². The highest BCUT2D eigenvalue weighted by Crippen LogP contribution is 2.33. The van der Waals surface area contributed by atoms with Crippen LogP contribution in [0.1, 0.15) is 32.6 Å². The second-order valence-corrected chi connectivity index (χ2v) is 3.64. The maximum Gasteiger partial charge on any atom is 0.249 e. The summed E-state index contributed by atoms with van der Waals surface area (Å²) in [4.78, 5) is 10.7. The number of primary amides is 1. The Morgan fingerprint density at radius 1 is 1.73 bits per heavy atom. The van der Waals surface area contributed by atoms with Gasteiger partial charge in [0.15, 0.2) is 0 Å². The maximum absolute atomic E-state index is 10.7. The zero-order valence-corrected chi connectivity index (χ0v) is 6.84. The van der Waals surface area contributed by atoms with Crippen molar-refractivity contribution >= 4 is 5.91 Å². The Hall–Kier alpha value is -0.570. The van der Waals surface area contributed by atoms with Crippen molar-refractivity contribution in [3.05, 3.63) is 0 Å². The Bertz CT molecular complexity index is 161. The fraction of sp³-hybridized carbons (Fsp3) is 0.875. The minimum atomic E-state index is -1.29. The lowest BCUT2D eigenvalue weighted by atomic mass is 9.77. The van der Waals surface area contributed by atoms with Gasteiger partial charge in [-0.1, -0.05) is 19.3 Å². The van der Waals surface area contributed by atoms with Gasteiger partial charge in [-0.05, 0) is 19.3 Å². The van der Waals surface area contributed by atoms with E-state index in [1.807, 2.05) is 0 Å². The number of nitrogens with two attached hydrogens (primary N) is 1. The van der Waals surface area contributed by atoms with E-state index in [2.05, 4.69) is 0 Å². The Balaban J connectivity index is 2.38. The fourth-order valence-corrected chi connectivity index (χ4v) is 1.36. The van der Waals surface area contributed by atoms with Gasteiger partial charge < -0.3 is 10.8 Å². The van der Waals surface area contributed by atoms with Gasteiger partial charge in [0.25, 0.3) is 0 Å². The molecule has 1 rings (SSSR count). The number of hydrogen-bond acceptors (Lipinski definition) is 2. The van der Waals surface area contributed by atoms with Crippen molar-refractivity contribution in [3.63, 3.8) is 0 Å². The lowest BCUT2D eigenvalue weighted by molar-refractivity contribution is -0.136. The minimum absolute atomic E-state index is 0.512. The highest BCUT2D eigenvalue weighted by Gasteiger charge is 2.33. The van der Waals surface area contributed by atoms with E-state index >= 15 is 0 Å². The third-order valence-corrected chi connectivity index (χ3v) is 2.44. The minimum Gasteiger partial charge on any atom is -0.380 e. The van der Waals surface area contributed by atoms with Crippen LogP contribution in [0.15, 0.2) is 0 Å². The molecule has 0 aromatic rings. The summed E-state index contributed by atoms with van der Waals surface area (Å²) in [5.74, 6) is -0.0955. The maximum atomic E-state index is 10.7. The third kappa shape index (κ3) is 1.93. The smallest absolute Gasteiger partial charge is 0.249 e. The SMILES string of the molecule is CC(O)(CC1CCC1)C(N)=O. The van der Waals surface area contributed by atoms with Crippen molar-refractivity contribution in [1.82, 2.24) is 0 Å². The predicted molar refractivity (Wildman–Crippen MR) is 41.8 cm³/mol. The van der Waals surface area contributed by atoms with Gasteiger partial charge in [-0.3, -0.25) is 4.79 Å². The summed E-state index contributed by atoms with van der Waals surface area (Å²) in [5.41, 5.74) is 3.72. The molecule has 64 valence electrons. The number of aliphatic hydroxyl groups is 1. The molecule has 1 aliphatic rings. The van der Waals surface area contributed by atoms with Crippen LogP contribution in [0, 0.1) is 5.92 Å². The fourth-order valence-electron chi connectivity index (χ4n) is 1.36. The number of carbonyl (C=O) groups is 1. The first-order chi connectivity index (χ1) is 5.02. The van der Waals surface area contributed by atoms with Crippen molar-refractivity contribution in [2.45, 2.75) is 38.2 Å². The molecular weight excluding hydrogens is 142 g/mol. The van der Waals surface area contributed by atoms with Gasteiger partial charge in [-0.25, -0.2) is 0 Å². The highest BCUT2D eigenvalue weighted by molar-refractivity contribution is 5.82. The largest absolute Gasteiger partial charge is 0.380 e. The van der Waals surface area contributed by atoms with Gasteiger partial charge in [0, 0.05) is 0 Å². The molecular formula is C8H15NO2. The van der Waals surface area contributed by atoms with Gasteiger partial charge in [0.05, 0.1) is 0 Å². The van der Waals surface area contributed by atoms with E-state index in [0.717, 1.165) is 12.8 Å². The topological polar surface area (TPSA) is 63.3 Å². The van der Waals surface area contributed by atoms with E-state index in [0.29, 0.717) is 12.3 Å². The van der Waals surface area contributed by atoms with Crippen molar-refractivity contribution in [3.8, 4) is 0 Å². The second-order valence-electron chi connectivity index (χ2n) is 3.64. The number of amides is 1. The second kappa shape index (κ2) is 2.81. The van der Waals surface area contributed by atoms with Crippen molar-refractivity contribution in [2.75, 3.05) is 0 Å². The van der Waals surface area contributed by atoms with Crippen LogP contribution in [0.5, 0.6) is 0 Å². The molecule has 1 aliphatic carbocycles. The lowest BCUT2D eigenvalue weighted by Gasteiger charge is -2.31. The first kappa shape index (κ1) is 8.53. The molecule has 0 radical (unpaired) electrons. The Morgan fingerprint density at radius 3 is 2.55 bits per heavy atom. The molecule has 3 nitrogen and oxygen atoms in total. The van der Waals surface area contributed by atoms with E-state index in [9.17, 15) is 9.90 Å². The zero-order valence-electron chi connectivity index (χ0n) is 6.84. The van der Waals surface area contributed by atoms with E-state index in [1.54, 1.807) is 0 Å². The van der Waals surface area contributed by atoms with E-state index in [4.69, 9.17) is 5.73 Å². The quantitative estimate of drug-likeness (QED) is 0.623. The normalized spacial score (nSPS) is 23.8. The molecule has 0 heterocycles. The van der Waals surface area contributed by atoms with Crippen LogP contribution >= 0.6 is 0 Å². The van der Waals surface area contributed by atoms with Gasteiger partial charge in [-0.15, -0.1) is 0 Å². The summed E-state index contributed by atoms with van der Waals surface area (Å²) in [6.45, 7) is 1.49. The molecule has 1 amide bonds. The molecule has 0 spiro atoms. The zero-order chi connectivity index (χ0) is 8.48. The molecule has 0 aromatic carbocycles. The Labute approximate surface area is 66.6 Å². The van der Waals surface area contributed by atoms with Crippen molar-refractivity contribution in [2.24, 2.45) is 11.7 Å². The van der Waals surface area contributed by atoms with Crippen LogP contribution in [0.2, 0.25) is 0 Å². The lowest BCUT2D eigenvalue weighted by Crippen LogP contribution is -2.43. The molecule has 1 unspecified atom stereocenters. The molecule has 11 heavy (non-hydrogen) atoms. The molecule has 0 saturated heterocycles.